The van der Waals surface area contributed by atoms with E-state index in [-0.39, 0.29) is 12.0 Å². The second-order valence-corrected chi connectivity index (χ2v) is 9.72. The number of methoxy groups -OCH3 is 1. The van der Waals surface area contributed by atoms with E-state index in [0.717, 1.165) is 35.5 Å². The van der Waals surface area contributed by atoms with Gasteiger partial charge in [-0.2, -0.15) is 5.26 Å². The Morgan fingerprint density at radius 2 is 1.90 bits per heavy atom. The zero-order chi connectivity index (χ0) is 21.2. The molecule has 0 amide bonds. The number of nitrogens with one attached hydrogen (secondary N) is 1. The number of benzene rings is 2. The van der Waals surface area contributed by atoms with E-state index < -0.39 is 15.3 Å². The highest BCUT2D eigenvalue weighted by Gasteiger charge is 2.39. The van der Waals surface area contributed by atoms with E-state index in [2.05, 4.69) is 22.6 Å². The van der Waals surface area contributed by atoms with Crippen LogP contribution in [0, 0.1) is 11.3 Å². The van der Waals surface area contributed by atoms with Gasteiger partial charge in [-0.05, 0) is 49.6 Å². The molecule has 0 bridgehead atoms. The fraction of sp³-hybridized carbons (Fsp3) is 0.409. The molecule has 2 unspecified atom stereocenters. The van der Waals surface area contributed by atoms with Crippen molar-refractivity contribution in [3.8, 4) is 11.8 Å². The molecular weight excluding hydrogens is 386 g/mol. The van der Waals surface area contributed by atoms with Crippen LogP contribution in [-0.4, -0.2) is 27.3 Å². The minimum Gasteiger partial charge on any atom is -0.497 e. The van der Waals surface area contributed by atoms with Crippen LogP contribution < -0.4 is 14.4 Å². The Morgan fingerprint density at radius 3 is 2.45 bits per heavy atom. The first-order valence-electron chi connectivity index (χ1n) is 9.78. The summed E-state index contributed by atoms with van der Waals surface area (Å²) in [6.07, 6.45) is 0.942. The number of rotatable bonds is 7. The van der Waals surface area contributed by atoms with Gasteiger partial charge in [-0.3, -0.25) is 4.72 Å². The predicted octanol–water partition coefficient (Wildman–Crippen LogP) is 4.42. The Hall–Kier alpha value is -2.72. The third-order valence-corrected chi connectivity index (χ3v) is 7.03. The second kappa shape index (κ2) is 8.34. The van der Waals surface area contributed by atoms with Gasteiger partial charge in [0.15, 0.2) is 0 Å². The van der Waals surface area contributed by atoms with Crippen molar-refractivity contribution in [3.63, 3.8) is 0 Å². The number of hydrogen-bond donors (Lipinski definition) is 1. The first kappa shape index (κ1) is 21.0. The number of ether oxygens (including phenoxy) is 1. The summed E-state index contributed by atoms with van der Waals surface area (Å²) in [6.45, 7) is 6.20. The zero-order valence-corrected chi connectivity index (χ0v) is 18.0. The van der Waals surface area contributed by atoms with Crippen LogP contribution in [0.25, 0.3) is 0 Å². The van der Waals surface area contributed by atoms with Crippen molar-refractivity contribution in [1.82, 2.24) is 0 Å². The highest BCUT2D eigenvalue weighted by Crippen LogP contribution is 2.49. The molecule has 7 heteroatoms. The standard InChI is InChI=1S/C22H27N3O3S/c1-5-12-25-21-13-18(28-4)10-11-19(21)20(14-23)22(25)16-6-8-17(9-7-16)24-29(26,27)15(2)3/h6-11,13,15,20,22,24H,5,12H2,1-4H3. The third-order valence-electron chi connectivity index (χ3n) is 5.27. The summed E-state index contributed by atoms with van der Waals surface area (Å²) in [5.41, 5.74) is 3.52. The second-order valence-electron chi connectivity index (χ2n) is 7.49. The monoisotopic (exact) mass is 413 g/mol. The van der Waals surface area contributed by atoms with Crippen LogP contribution in [-0.2, 0) is 10.0 Å². The lowest BCUT2D eigenvalue weighted by molar-refractivity contribution is 0.415. The summed E-state index contributed by atoms with van der Waals surface area (Å²) < 4.78 is 32.2. The van der Waals surface area contributed by atoms with Crippen molar-refractivity contribution in [2.45, 2.75) is 44.4 Å². The Kier molecular flexibility index (Phi) is 6.04. The summed E-state index contributed by atoms with van der Waals surface area (Å²) >= 11 is 0. The molecular formula is C22H27N3O3S. The van der Waals surface area contributed by atoms with Gasteiger partial charge in [0.1, 0.15) is 5.75 Å². The number of sulfonamides is 1. The lowest BCUT2D eigenvalue weighted by Crippen LogP contribution is -2.27. The first-order valence-corrected chi connectivity index (χ1v) is 11.3. The molecule has 1 aliphatic heterocycles. The maximum atomic E-state index is 12.1. The van der Waals surface area contributed by atoms with Crippen LogP contribution in [0.5, 0.6) is 5.75 Å². The van der Waals surface area contributed by atoms with Crippen molar-refractivity contribution in [2.24, 2.45) is 0 Å². The van der Waals surface area contributed by atoms with Gasteiger partial charge in [-0.1, -0.05) is 25.1 Å². The maximum Gasteiger partial charge on any atom is 0.235 e. The highest BCUT2D eigenvalue weighted by molar-refractivity contribution is 7.93. The van der Waals surface area contributed by atoms with Crippen molar-refractivity contribution in [3.05, 3.63) is 53.6 Å². The molecule has 0 radical (unpaired) electrons. The van der Waals surface area contributed by atoms with Gasteiger partial charge >= 0.3 is 0 Å². The van der Waals surface area contributed by atoms with E-state index in [0.29, 0.717) is 5.69 Å². The average molecular weight is 414 g/mol. The van der Waals surface area contributed by atoms with Gasteiger partial charge < -0.3 is 9.64 Å². The molecule has 6 nitrogen and oxygen atoms in total. The summed E-state index contributed by atoms with van der Waals surface area (Å²) in [7, 11) is -1.76. The minimum absolute atomic E-state index is 0.127. The molecule has 0 aromatic heterocycles. The van der Waals surface area contributed by atoms with E-state index in [4.69, 9.17) is 4.74 Å². The van der Waals surface area contributed by atoms with Crippen LogP contribution in [0.2, 0.25) is 0 Å². The van der Waals surface area contributed by atoms with Crippen LogP contribution in [0.1, 0.15) is 50.3 Å². The highest BCUT2D eigenvalue weighted by atomic mass is 32.2. The van der Waals surface area contributed by atoms with Gasteiger partial charge in [0.05, 0.1) is 30.4 Å². The van der Waals surface area contributed by atoms with Crippen LogP contribution in [0.4, 0.5) is 11.4 Å². The first-order chi connectivity index (χ1) is 13.8. The fourth-order valence-corrected chi connectivity index (χ4v) is 4.41. The molecule has 2 atom stereocenters. The maximum absolute atomic E-state index is 12.1. The van der Waals surface area contributed by atoms with E-state index in [1.165, 1.54) is 0 Å². The molecule has 29 heavy (non-hydrogen) atoms. The molecule has 0 spiro atoms. The molecule has 0 fully saturated rings. The molecule has 3 rings (SSSR count). The Morgan fingerprint density at radius 1 is 1.21 bits per heavy atom. The summed E-state index contributed by atoms with van der Waals surface area (Å²) in [5.74, 6) is 0.460. The van der Waals surface area contributed by atoms with E-state index in [1.54, 1.807) is 33.1 Å². The van der Waals surface area contributed by atoms with Crippen molar-refractivity contribution < 1.29 is 13.2 Å². The van der Waals surface area contributed by atoms with Crippen molar-refractivity contribution >= 4 is 21.4 Å². The van der Waals surface area contributed by atoms with Gasteiger partial charge in [0.25, 0.3) is 0 Å². The van der Waals surface area contributed by atoms with Gasteiger partial charge in [0.2, 0.25) is 10.0 Å². The smallest absolute Gasteiger partial charge is 0.235 e. The lowest BCUT2D eigenvalue weighted by atomic mass is 9.91. The normalized spacial score (nSPS) is 18.4. The average Bonchev–Trinajstić information content (AvgIpc) is 3.01. The lowest BCUT2D eigenvalue weighted by Gasteiger charge is -2.29. The van der Waals surface area contributed by atoms with Gasteiger partial charge in [-0.15, -0.1) is 0 Å². The molecule has 2 aromatic carbocycles. The van der Waals surface area contributed by atoms with Crippen LogP contribution in [0.3, 0.4) is 0 Å². The largest absolute Gasteiger partial charge is 0.497 e. The zero-order valence-electron chi connectivity index (χ0n) is 17.2. The molecule has 0 saturated carbocycles. The van der Waals surface area contributed by atoms with Crippen LogP contribution in [0.15, 0.2) is 42.5 Å². The molecule has 1 aliphatic rings. The molecule has 0 saturated heterocycles. The van der Waals surface area contributed by atoms with E-state index >= 15 is 0 Å². The fourth-order valence-electron chi connectivity index (χ4n) is 3.71. The Bertz CT molecular complexity index is 1010. The SMILES string of the molecule is CCCN1c2cc(OC)ccc2C(C#N)C1c1ccc(NS(=O)(=O)C(C)C)cc1. The number of anilines is 2. The molecule has 2 aromatic rings. The Labute approximate surface area is 173 Å². The van der Waals surface area contributed by atoms with E-state index in [1.807, 2.05) is 30.3 Å². The molecule has 1 N–H and O–H groups in total. The molecule has 1 heterocycles. The predicted molar refractivity (Wildman–Crippen MR) is 116 cm³/mol. The number of nitriles is 1. The summed E-state index contributed by atoms with van der Waals surface area (Å²) in [6, 6.07) is 15.5. The van der Waals surface area contributed by atoms with Crippen molar-refractivity contribution in [2.75, 3.05) is 23.3 Å². The summed E-state index contributed by atoms with van der Waals surface area (Å²) in [4.78, 5) is 2.25. The van der Waals surface area contributed by atoms with Gasteiger partial charge in [-0.25, -0.2) is 8.42 Å². The Balaban J connectivity index is 1.97. The number of nitrogens with zero attached hydrogens (tertiary/aromatic N) is 2. The third kappa shape index (κ3) is 4.03. The summed E-state index contributed by atoms with van der Waals surface area (Å²) in [5, 5.41) is 9.42. The van der Waals surface area contributed by atoms with Gasteiger partial charge in [0, 0.05) is 24.0 Å². The minimum atomic E-state index is -3.40. The topological polar surface area (TPSA) is 82.4 Å². The van der Waals surface area contributed by atoms with Crippen LogP contribution >= 0.6 is 0 Å². The van der Waals surface area contributed by atoms with Crippen molar-refractivity contribution in [1.29, 1.82) is 5.26 Å². The molecule has 0 aliphatic carbocycles. The number of hydrogen-bond acceptors (Lipinski definition) is 5. The van der Waals surface area contributed by atoms with E-state index in [9.17, 15) is 13.7 Å². The quantitative estimate of drug-likeness (QED) is 0.726. The molecule has 154 valence electrons. The number of fused-ring (bicyclic) bond motifs is 1.